The van der Waals surface area contributed by atoms with Gasteiger partial charge in [0.25, 0.3) is 5.91 Å². The summed E-state index contributed by atoms with van der Waals surface area (Å²) in [6, 6.07) is 3.91. The number of aromatic nitrogens is 1. The number of carbonyl (C=O) groups is 2. The highest BCUT2D eigenvalue weighted by Crippen LogP contribution is 2.39. The number of piperidine rings is 1. The summed E-state index contributed by atoms with van der Waals surface area (Å²) in [6.07, 6.45) is 8.36. The predicted octanol–water partition coefficient (Wildman–Crippen LogP) is 1.74. The first-order valence-electron chi connectivity index (χ1n) is 9.28. The second-order valence-electron chi connectivity index (χ2n) is 7.42. The van der Waals surface area contributed by atoms with Crippen molar-refractivity contribution in [2.45, 2.75) is 56.7 Å². The largest absolute Gasteiger partial charge is 0.368 e. The van der Waals surface area contributed by atoms with Crippen LogP contribution in [0.5, 0.6) is 0 Å². The summed E-state index contributed by atoms with van der Waals surface area (Å²) in [7, 11) is 0. The van der Waals surface area contributed by atoms with E-state index in [0.717, 1.165) is 44.2 Å². The van der Waals surface area contributed by atoms with Crippen LogP contribution in [-0.2, 0) is 20.9 Å². The average Bonchev–Trinajstić information content (AvgIpc) is 3.27. The molecule has 3 saturated heterocycles. The molecule has 4 heterocycles. The van der Waals surface area contributed by atoms with Gasteiger partial charge in [-0.2, -0.15) is 0 Å². The molecule has 6 heteroatoms. The first kappa shape index (κ1) is 16.5. The van der Waals surface area contributed by atoms with Crippen LogP contribution in [0, 0.1) is 0 Å². The average molecular weight is 343 g/mol. The summed E-state index contributed by atoms with van der Waals surface area (Å²) in [4.78, 5) is 33.3. The SMILES string of the molecule is O=C([C@@H]1CCCO1)N1CCC[C@]2(CCC(=O)N2Cc2ccncc2)C1. The van der Waals surface area contributed by atoms with Crippen LogP contribution in [0.1, 0.15) is 44.1 Å². The minimum Gasteiger partial charge on any atom is -0.368 e. The van der Waals surface area contributed by atoms with E-state index in [1.54, 1.807) is 12.4 Å². The van der Waals surface area contributed by atoms with E-state index in [1.807, 2.05) is 21.9 Å². The molecule has 2 amide bonds. The van der Waals surface area contributed by atoms with Crippen LogP contribution in [0.15, 0.2) is 24.5 Å². The Bertz CT molecular complexity index is 645. The molecular weight excluding hydrogens is 318 g/mol. The lowest BCUT2D eigenvalue weighted by atomic mass is 9.86. The maximum Gasteiger partial charge on any atom is 0.251 e. The van der Waals surface area contributed by atoms with Crippen LogP contribution in [0.2, 0.25) is 0 Å². The van der Waals surface area contributed by atoms with Crippen molar-refractivity contribution in [2.75, 3.05) is 19.7 Å². The maximum absolute atomic E-state index is 12.8. The fourth-order valence-corrected chi connectivity index (χ4v) is 4.50. The van der Waals surface area contributed by atoms with Crippen LogP contribution >= 0.6 is 0 Å². The van der Waals surface area contributed by atoms with Gasteiger partial charge < -0.3 is 14.5 Å². The van der Waals surface area contributed by atoms with E-state index in [1.165, 1.54) is 0 Å². The molecule has 3 aliphatic heterocycles. The third-order valence-corrected chi connectivity index (χ3v) is 5.84. The summed E-state index contributed by atoms with van der Waals surface area (Å²) in [5, 5.41) is 0. The lowest BCUT2D eigenvalue weighted by Crippen LogP contribution is -2.58. The number of carbonyl (C=O) groups excluding carboxylic acids is 2. The number of hydrogen-bond acceptors (Lipinski definition) is 4. The highest BCUT2D eigenvalue weighted by atomic mass is 16.5. The van der Waals surface area contributed by atoms with Gasteiger partial charge >= 0.3 is 0 Å². The monoisotopic (exact) mass is 343 g/mol. The lowest BCUT2D eigenvalue weighted by molar-refractivity contribution is -0.147. The zero-order valence-corrected chi connectivity index (χ0v) is 14.5. The molecule has 25 heavy (non-hydrogen) atoms. The Hall–Kier alpha value is -1.95. The molecule has 3 fully saturated rings. The van der Waals surface area contributed by atoms with Crippen molar-refractivity contribution in [3.05, 3.63) is 30.1 Å². The normalized spacial score (nSPS) is 29.6. The molecule has 6 nitrogen and oxygen atoms in total. The van der Waals surface area contributed by atoms with Crippen molar-refractivity contribution in [2.24, 2.45) is 0 Å². The van der Waals surface area contributed by atoms with Crippen LogP contribution in [0.3, 0.4) is 0 Å². The molecule has 0 saturated carbocycles. The molecule has 1 aromatic heterocycles. The van der Waals surface area contributed by atoms with Gasteiger partial charge in [-0.1, -0.05) is 0 Å². The molecule has 134 valence electrons. The topological polar surface area (TPSA) is 62.7 Å². The van der Waals surface area contributed by atoms with Crippen LogP contribution in [0.4, 0.5) is 0 Å². The van der Waals surface area contributed by atoms with Gasteiger partial charge in [-0.3, -0.25) is 14.6 Å². The minimum atomic E-state index is -0.277. The molecule has 1 spiro atoms. The molecule has 0 bridgehead atoms. The number of pyridine rings is 1. The molecule has 0 aromatic carbocycles. The van der Waals surface area contributed by atoms with Crippen LogP contribution in [0.25, 0.3) is 0 Å². The number of likely N-dealkylation sites (tertiary alicyclic amines) is 2. The number of ether oxygens (including phenoxy) is 1. The van der Waals surface area contributed by atoms with Crippen molar-refractivity contribution >= 4 is 11.8 Å². The Morgan fingerprint density at radius 1 is 1.28 bits per heavy atom. The summed E-state index contributed by atoms with van der Waals surface area (Å²) >= 11 is 0. The number of hydrogen-bond donors (Lipinski definition) is 0. The van der Waals surface area contributed by atoms with Gasteiger partial charge in [0, 0.05) is 45.1 Å². The summed E-state index contributed by atoms with van der Waals surface area (Å²) < 4.78 is 5.58. The van der Waals surface area contributed by atoms with E-state index in [4.69, 9.17) is 4.74 Å². The Kier molecular flexibility index (Phi) is 4.46. The number of rotatable bonds is 3. The Morgan fingerprint density at radius 3 is 2.88 bits per heavy atom. The molecule has 0 aliphatic carbocycles. The zero-order valence-electron chi connectivity index (χ0n) is 14.5. The minimum absolute atomic E-state index is 0.111. The van der Waals surface area contributed by atoms with E-state index in [0.29, 0.717) is 26.1 Å². The van der Waals surface area contributed by atoms with Crippen LogP contribution < -0.4 is 0 Å². The highest BCUT2D eigenvalue weighted by Gasteiger charge is 2.48. The number of nitrogens with zero attached hydrogens (tertiary/aromatic N) is 3. The first-order chi connectivity index (χ1) is 12.2. The lowest BCUT2D eigenvalue weighted by Gasteiger charge is -2.46. The fraction of sp³-hybridized carbons (Fsp3) is 0.632. The van der Waals surface area contributed by atoms with E-state index in [9.17, 15) is 9.59 Å². The molecule has 0 unspecified atom stereocenters. The second kappa shape index (κ2) is 6.75. The van der Waals surface area contributed by atoms with Crippen molar-refractivity contribution < 1.29 is 14.3 Å². The molecule has 3 aliphatic rings. The van der Waals surface area contributed by atoms with E-state index in [2.05, 4.69) is 4.98 Å². The van der Waals surface area contributed by atoms with Crippen molar-refractivity contribution in [3.8, 4) is 0 Å². The molecule has 0 N–H and O–H groups in total. The van der Waals surface area contributed by atoms with Gasteiger partial charge in [-0.25, -0.2) is 0 Å². The first-order valence-corrected chi connectivity index (χ1v) is 9.28. The van der Waals surface area contributed by atoms with Gasteiger partial charge in [-0.15, -0.1) is 0 Å². The van der Waals surface area contributed by atoms with Crippen molar-refractivity contribution in [1.82, 2.24) is 14.8 Å². The highest BCUT2D eigenvalue weighted by molar-refractivity contribution is 5.83. The van der Waals surface area contributed by atoms with Gasteiger partial charge in [0.1, 0.15) is 6.10 Å². The smallest absolute Gasteiger partial charge is 0.251 e. The van der Waals surface area contributed by atoms with Crippen LogP contribution in [-0.4, -0.2) is 57.9 Å². The summed E-state index contributed by atoms with van der Waals surface area (Å²) in [5.74, 6) is 0.308. The second-order valence-corrected chi connectivity index (χ2v) is 7.42. The van der Waals surface area contributed by atoms with Gasteiger partial charge in [-0.05, 0) is 49.8 Å². The molecule has 1 aromatic rings. The predicted molar refractivity (Wildman–Crippen MR) is 91.5 cm³/mol. The van der Waals surface area contributed by atoms with Crippen molar-refractivity contribution in [1.29, 1.82) is 0 Å². The van der Waals surface area contributed by atoms with Gasteiger partial charge in [0.15, 0.2) is 0 Å². The maximum atomic E-state index is 12.8. The van der Waals surface area contributed by atoms with Crippen molar-refractivity contribution in [3.63, 3.8) is 0 Å². The molecule has 4 rings (SSSR count). The third kappa shape index (κ3) is 3.15. The van der Waals surface area contributed by atoms with Gasteiger partial charge in [0.05, 0.1) is 5.54 Å². The fourth-order valence-electron chi connectivity index (χ4n) is 4.50. The molecule has 0 radical (unpaired) electrons. The molecule has 2 atom stereocenters. The Labute approximate surface area is 148 Å². The van der Waals surface area contributed by atoms with Gasteiger partial charge in [0.2, 0.25) is 5.91 Å². The van der Waals surface area contributed by atoms with E-state index in [-0.39, 0.29) is 23.5 Å². The Morgan fingerprint density at radius 2 is 2.12 bits per heavy atom. The zero-order chi connectivity index (χ0) is 17.3. The number of amides is 2. The Balaban J connectivity index is 1.52. The quantitative estimate of drug-likeness (QED) is 0.839. The third-order valence-electron chi connectivity index (χ3n) is 5.84. The summed E-state index contributed by atoms with van der Waals surface area (Å²) in [5.41, 5.74) is 0.875. The summed E-state index contributed by atoms with van der Waals surface area (Å²) in [6.45, 7) is 2.70. The van der Waals surface area contributed by atoms with E-state index >= 15 is 0 Å². The standard InChI is InChI=1S/C19H25N3O3/c23-17-4-8-19(22(17)13-15-5-9-20-10-6-15)7-2-11-21(14-19)18(24)16-3-1-12-25-16/h5-6,9-10,16H,1-4,7-8,11-14H2/t16-,19-/m0/s1. The molecular formula is C19H25N3O3. The van der Waals surface area contributed by atoms with E-state index < -0.39 is 0 Å².